The van der Waals surface area contributed by atoms with Crippen molar-refractivity contribution in [2.45, 2.75) is 135 Å². The molecule has 4 fully saturated rings. The van der Waals surface area contributed by atoms with Gasteiger partial charge in [-0.2, -0.15) is 0 Å². The number of hydrogen-bond acceptors (Lipinski definition) is 9. The minimum atomic E-state index is -1.14. The molecule has 4 aliphatic rings. The number of amides is 6. The normalized spacial score (nSPS) is 22.5. The van der Waals surface area contributed by atoms with Crippen LogP contribution in [0.3, 0.4) is 0 Å². The minimum Gasteiger partial charge on any atom is -0.465 e. The molecule has 2 bridgehead atoms. The third kappa shape index (κ3) is 11.4. The lowest BCUT2D eigenvalue weighted by atomic mass is 9.82. The van der Waals surface area contributed by atoms with E-state index < -0.39 is 66.2 Å². The van der Waals surface area contributed by atoms with Gasteiger partial charge in [0.2, 0.25) is 29.5 Å². The summed E-state index contributed by atoms with van der Waals surface area (Å²) < 4.78 is 12.0. The maximum Gasteiger partial charge on any atom is 0.408 e. The molecule has 9 atom stereocenters. The number of carbonyl (C=O) groups excluding carboxylic acids is 5. The van der Waals surface area contributed by atoms with Crippen LogP contribution in [0.25, 0.3) is 0 Å². The Morgan fingerprint density at radius 2 is 1.57 bits per heavy atom. The van der Waals surface area contributed by atoms with E-state index >= 15 is 0 Å². The van der Waals surface area contributed by atoms with Crippen LogP contribution in [-0.4, -0.2) is 132 Å². The highest BCUT2D eigenvalue weighted by Gasteiger charge is 2.56. The number of likely N-dealkylation sites (tertiary alicyclic amines) is 1. The Balaban J connectivity index is 1.28. The summed E-state index contributed by atoms with van der Waals surface area (Å²) in [5, 5.41) is 18.6. The van der Waals surface area contributed by atoms with Crippen LogP contribution >= 0.6 is 0 Å². The molecule has 0 radical (unpaired) electrons. The van der Waals surface area contributed by atoms with Crippen molar-refractivity contribution in [2.24, 2.45) is 29.4 Å². The molecule has 6 amide bonds. The Labute approximate surface area is 372 Å². The predicted molar refractivity (Wildman–Crippen MR) is 238 cm³/mol. The first-order valence-electron chi connectivity index (χ1n) is 22.4. The zero-order chi connectivity index (χ0) is 46.1. The number of benzene rings is 2. The Morgan fingerprint density at radius 3 is 2.14 bits per heavy atom. The number of ether oxygens (including phenoxy) is 2. The fourth-order valence-electron chi connectivity index (χ4n) is 9.78. The number of nitrogens with zero attached hydrogens (tertiary/aromatic N) is 3. The molecule has 6 N–H and O–H groups in total. The van der Waals surface area contributed by atoms with E-state index in [0.29, 0.717) is 50.9 Å². The van der Waals surface area contributed by atoms with Gasteiger partial charge in [0, 0.05) is 52.5 Å². The van der Waals surface area contributed by atoms with Crippen LogP contribution in [0.4, 0.5) is 10.5 Å². The maximum atomic E-state index is 14.4. The van der Waals surface area contributed by atoms with E-state index in [-0.39, 0.29) is 54.4 Å². The van der Waals surface area contributed by atoms with Crippen LogP contribution in [0.5, 0.6) is 0 Å². The Morgan fingerprint density at radius 1 is 0.905 bits per heavy atom. The third-order valence-electron chi connectivity index (χ3n) is 13.6. The van der Waals surface area contributed by atoms with Crippen molar-refractivity contribution in [1.82, 2.24) is 25.3 Å². The second-order valence-corrected chi connectivity index (χ2v) is 18.0. The molecule has 3 aliphatic heterocycles. The van der Waals surface area contributed by atoms with Gasteiger partial charge in [0.15, 0.2) is 0 Å². The molecule has 3 heterocycles. The average Bonchev–Trinajstić information content (AvgIpc) is 4.00. The Kier molecular flexibility index (Phi) is 17.1. The largest absolute Gasteiger partial charge is 0.465 e. The lowest BCUT2D eigenvalue weighted by Crippen LogP contribution is -2.59. The van der Waals surface area contributed by atoms with Gasteiger partial charge < -0.3 is 46.1 Å². The second-order valence-electron chi connectivity index (χ2n) is 18.0. The standard InChI is InChI=1S/C47H69N7O9/c1-9-28(4)40(52(6)46(59)39(27(2)3)51-45(58)41-32-23-34(24-32)54(41)47(60)61)37(62-7)25-38(55)53-21-13-16-36(53)42(63-8)29(5)43(56)50-35(22-30-14-11-10-12-15-30)44(57)49-33-19-17-31(26-48)18-20-33/h10-12,14-15,17-20,27-29,32,34-37,39-42H,9,13,16,21-26,48H2,1-8H3,(H,49,57)(H,50,56)(H,51,58)(H,60,61)/t28-,29+,32?,34?,35-,36-,37+,39-,40-,41?,42+/m0/s1. The van der Waals surface area contributed by atoms with Gasteiger partial charge in [0.1, 0.15) is 18.1 Å². The van der Waals surface area contributed by atoms with Crippen molar-refractivity contribution in [2.75, 3.05) is 33.1 Å². The van der Waals surface area contributed by atoms with E-state index in [0.717, 1.165) is 11.1 Å². The quantitative estimate of drug-likeness (QED) is 0.122. The van der Waals surface area contributed by atoms with E-state index in [9.17, 15) is 33.9 Å². The van der Waals surface area contributed by atoms with E-state index in [1.807, 2.05) is 70.2 Å². The highest BCUT2D eigenvalue weighted by Crippen LogP contribution is 2.46. The molecule has 63 heavy (non-hydrogen) atoms. The number of nitrogens with two attached hydrogens (primary N) is 1. The first-order valence-corrected chi connectivity index (χ1v) is 22.4. The molecule has 6 rings (SSSR count). The molecular weight excluding hydrogens is 807 g/mol. The van der Waals surface area contributed by atoms with Crippen molar-refractivity contribution in [1.29, 1.82) is 0 Å². The first-order chi connectivity index (χ1) is 30.0. The maximum absolute atomic E-state index is 14.4. The summed E-state index contributed by atoms with van der Waals surface area (Å²) in [4.78, 5) is 86.7. The number of fused-ring (bicyclic) bond motifs is 1. The average molecular weight is 876 g/mol. The number of carbonyl (C=O) groups is 6. The monoisotopic (exact) mass is 876 g/mol. The fourth-order valence-corrected chi connectivity index (χ4v) is 9.78. The second kappa shape index (κ2) is 22.0. The minimum absolute atomic E-state index is 0.0559. The number of methoxy groups -OCH3 is 2. The molecule has 16 heteroatoms. The number of carboxylic acid groups (broad SMARTS) is 1. The summed E-state index contributed by atoms with van der Waals surface area (Å²) in [6, 6.07) is 12.8. The van der Waals surface area contributed by atoms with Gasteiger partial charge in [-0.3, -0.25) is 28.9 Å². The zero-order valence-electron chi connectivity index (χ0n) is 38.1. The highest BCUT2D eigenvalue weighted by molar-refractivity contribution is 5.98. The lowest BCUT2D eigenvalue weighted by Gasteiger charge is -2.41. The Hall–Kier alpha value is -5.06. The van der Waals surface area contributed by atoms with Crippen LogP contribution in [0.15, 0.2) is 54.6 Å². The highest BCUT2D eigenvalue weighted by atomic mass is 16.5. The molecule has 2 aromatic carbocycles. The van der Waals surface area contributed by atoms with Gasteiger partial charge in [0.05, 0.1) is 36.6 Å². The van der Waals surface area contributed by atoms with Crippen LogP contribution in [0, 0.1) is 23.7 Å². The van der Waals surface area contributed by atoms with Crippen LogP contribution < -0.4 is 21.7 Å². The molecule has 16 nitrogen and oxygen atoms in total. The summed E-state index contributed by atoms with van der Waals surface area (Å²) in [5.74, 6) is -3.05. The number of likely N-dealkylation sites (N-methyl/N-ethyl adjacent to an activating group) is 1. The molecule has 1 saturated carbocycles. The number of anilines is 1. The molecule has 2 aromatic rings. The zero-order valence-corrected chi connectivity index (χ0v) is 38.1. The lowest BCUT2D eigenvalue weighted by molar-refractivity contribution is -0.148. The molecule has 0 aromatic heterocycles. The number of hydrogen-bond donors (Lipinski definition) is 5. The van der Waals surface area contributed by atoms with E-state index in [4.69, 9.17) is 15.2 Å². The molecule has 3 saturated heterocycles. The smallest absolute Gasteiger partial charge is 0.408 e. The van der Waals surface area contributed by atoms with E-state index in [1.165, 1.54) is 19.1 Å². The number of nitrogens with one attached hydrogen (secondary N) is 3. The van der Waals surface area contributed by atoms with Gasteiger partial charge >= 0.3 is 6.09 Å². The molecule has 346 valence electrons. The van der Waals surface area contributed by atoms with Gasteiger partial charge in [-0.25, -0.2) is 4.79 Å². The fraction of sp³-hybridized carbons (Fsp3) is 0.617. The van der Waals surface area contributed by atoms with Crippen molar-refractivity contribution in [3.05, 3.63) is 65.7 Å². The molecular formula is C47H69N7O9. The molecule has 1 unspecified atom stereocenters. The summed E-state index contributed by atoms with van der Waals surface area (Å²) in [6.45, 7) is 10.2. The SMILES string of the molecule is CC[C@H](C)[C@@H]([C@@H](CC(=O)N1CCC[C@H]1[C@H](OC)[C@@H](C)C(=O)N[C@@H](Cc1ccccc1)C(=O)Nc1ccc(CN)cc1)OC)N(C)C(=O)[C@@H](NC(=O)C1C2CC(C2)N1C(=O)O)C(C)C. The predicted octanol–water partition coefficient (Wildman–Crippen LogP) is 4.01. The third-order valence-corrected chi connectivity index (χ3v) is 13.6. The van der Waals surface area contributed by atoms with Gasteiger partial charge in [-0.15, -0.1) is 0 Å². The van der Waals surface area contributed by atoms with Crippen molar-refractivity contribution < 1.29 is 43.3 Å². The van der Waals surface area contributed by atoms with Crippen molar-refractivity contribution >= 4 is 41.3 Å². The van der Waals surface area contributed by atoms with Gasteiger partial charge in [0.25, 0.3) is 0 Å². The van der Waals surface area contributed by atoms with Gasteiger partial charge in [-0.05, 0) is 66.7 Å². The van der Waals surface area contributed by atoms with Crippen molar-refractivity contribution in [3.63, 3.8) is 0 Å². The molecule has 1 aliphatic carbocycles. The van der Waals surface area contributed by atoms with E-state index in [2.05, 4.69) is 16.0 Å². The van der Waals surface area contributed by atoms with Crippen LogP contribution in [0.2, 0.25) is 0 Å². The first kappa shape index (κ1) is 49.0. The Bertz CT molecular complexity index is 1890. The van der Waals surface area contributed by atoms with Crippen LogP contribution in [-0.2, 0) is 46.4 Å². The van der Waals surface area contributed by atoms with E-state index in [1.54, 1.807) is 35.9 Å². The molecule has 0 spiro atoms. The van der Waals surface area contributed by atoms with Crippen LogP contribution in [0.1, 0.15) is 84.3 Å². The topological polar surface area (TPSA) is 213 Å². The van der Waals surface area contributed by atoms with Gasteiger partial charge in [-0.1, -0.05) is 83.5 Å². The summed E-state index contributed by atoms with van der Waals surface area (Å²) in [7, 11) is 4.70. The summed E-state index contributed by atoms with van der Waals surface area (Å²) in [5.41, 5.74) is 8.11. The number of rotatable bonds is 21. The summed E-state index contributed by atoms with van der Waals surface area (Å²) >= 11 is 0. The summed E-state index contributed by atoms with van der Waals surface area (Å²) in [6.07, 6.45) is 0.866. The van der Waals surface area contributed by atoms with Crippen molar-refractivity contribution in [3.8, 4) is 0 Å².